The third-order valence-corrected chi connectivity index (χ3v) is 3.97. The lowest BCUT2D eigenvalue weighted by Crippen LogP contribution is -2.41. The Balaban J connectivity index is 1.88. The number of aromatic nitrogens is 2. The largest absolute Gasteiger partial charge is 0.395 e. The van der Waals surface area contributed by atoms with Crippen LogP contribution in [0.3, 0.4) is 0 Å². The van der Waals surface area contributed by atoms with E-state index >= 15 is 0 Å². The van der Waals surface area contributed by atoms with Crippen molar-refractivity contribution < 1.29 is 5.11 Å². The molecule has 0 radical (unpaired) electrons. The van der Waals surface area contributed by atoms with Gasteiger partial charge in [-0.15, -0.1) is 0 Å². The van der Waals surface area contributed by atoms with Crippen molar-refractivity contribution in [3.05, 3.63) is 40.4 Å². The molecule has 1 aromatic carbocycles. The van der Waals surface area contributed by atoms with Crippen LogP contribution in [0.25, 0.3) is 10.9 Å². The minimum Gasteiger partial charge on any atom is -0.395 e. The number of likely N-dealkylation sites (tertiary alicyclic amines) is 1. The van der Waals surface area contributed by atoms with Crippen LogP contribution in [0, 0.1) is 0 Å². The van der Waals surface area contributed by atoms with Gasteiger partial charge in [-0.3, -0.25) is 9.69 Å². The first kappa shape index (κ1) is 13.3. The SMILES string of the molecule is O=c1[nH]c(CN2CCCCC2CO)nc2ccccc12. The lowest BCUT2D eigenvalue weighted by atomic mass is 10.0. The molecule has 3 rings (SSSR count). The molecule has 0 aliphatic carbocycles. The maximum Gasteiger partial charge on any atom is 0.258 e. The molecule has 1 fully saturated rings. The number of piperidine rings is 1. The minimum absolute atomic E-state index is 0.0943. The molecule has 1 unspecified atom stereocenters. The smallest absolute Gasteiger partial charge is 0.258 e. The van der Waals surface area contributed by atoms with Gasteiger partial charge in [-0.25, -0.2) is 4.98 Å². The van der Waals surface area contributed by atoms with Gasteiger partial charge in [0.2, 0.25) is 0 Å². The zero-order valence-corrected chi connectivity index (χ0v) is 11.4. The van der Waals surface area contributed by atoms with Gasteiger partial charge in [0, 0.05) is 6.04 Å². The summed E-state index contributed by atoms with van der Waals surface area (Å²) in [4.78, 5) is 21.6. The highest BCUT2D eigenvalue weighted by atomic mass is 16.3. The normalized spacial score (nSPS) is 20.4. The van der Waals surface area contributed by atoms with Crippen LogP contribution in [0.1, 0.15) is 25.1 Å². The van der Waals surface area contributed by atoms with E-state index < -0.39 is 0 Å². The van der Waals surface area contributed by atoms with Crippen molar-refractivity contribution in [3.8, 4) is 0 Å². The summed E-state index contributed by atoms with van der Waals surface area (Å²) >= 11 is 0. The Kier molecular flexibility index (Phi) is 3.80. The second-order valence-electron chi connectivity index (χ2n) is 5.33. The average Bonchev–Trinajstić information content (AvgIpc) is 2.48. The lowest BCUT2D eigenvalue weighted by Gasteiger charge is -2.34. The van der Waals surface area contributed by atoms with Crippen molar-refractivity contribution in [2.24, 2.45) is 0 Å². The fraction of sp³-hybridized carbons (Fsp3) is 0.467. The van der Waals surface area contributed by atoms with E-state index in [0.717, 1.165) is 31.3 Å². The highest BCUT2D eigenvalue weighted by Crippen LogP contribution is 2.18. The monoisotopic (exact) mass is 273 g/mol. The van der Waals surface area contributed by atoms with Gasteiger partial charge in [-0.1, -0.05) is 18.6 Å². The number of benzene rings is 1. The molecule has 20 heavy (non-hydrogen) atoms. The van der Waals surface area contributed by atoms with E-state index in [-0.39, 0.29) is 18.2 Å². The number of nitrogens with one attached hydrogen (secondary N) is 1. The molecule has 5 nitrogen and oxygen atoms in total. The number of para-hydroxylation sites is 1. The number of aliphatic hydroxyl groups is 1. The number of aliphatic hydroxyl groups excluding tert-OH is 1. The van der Waals surface area contributed by atoms with Crippen LogP contribution in [0.2, 0.25) is 0 Å². The van der Waals surface area contributed by atoms with E-state index in [1.807, 2.05) is 18.2 Å². The number of nitrogens with zero attached hydrogens (tertiary/aromatic N) is 2. The van der Waals surface area contributed by atoms with Crippen molar-refractivity contribution in [2.45, 2.75) is 31.8 Å². The first-order chi connectivity index (χ1) is 9.78. The molecule has 5 heteroatoms. The molecule has 2 aromatic rings. The van der Waals surface area contributed by atoms with Crippen LogP contribution in [-0.2, 0) is 6.54 Å². The summed E-state index contributed by atoms with van der Waals surface area (Å²) in [6.07, 6.45) is 3.30. The minimum atomic E-state index is -0.0943. The van der Waals surface area contributed by atoms with Gasteiger partial charge in [0.25, 0.3) is 5.56 Å². The zero-order valence-electron chi connectivity index (χ0n) is 11.4. The van der Waals surface area contributed by atoms with Gasteiger partial charge in [0.05, 0.1) is 24.1 Å². The molecule has 0 saturated carbocycles. The van der Waals surface area contributed by atoms with Crippen LogP contribution >= 0.6 is 0 Å². The molecule has 1 aliphatic heterocycles. The Hall–Kier alpha value is -1.72. The predicted octanol–water partition coefficient (Wildman–Crippen LogP) is 1.27. The Morgan fingerprint density at radius 1 is 1.35 bits per heavy atom. The van der Waals surface area contributed by atoms with Crippen LogP contribution in [0.4, 0.5) is 0 Å². The van der Waals surface area contributed by atoms with Crippen molar-refractivity contribution in [1.29, 1.82) is 0 Å². The molecular formula is C15H19N3O2. The third kappa shape index (κ3) is 2.59. The molecule has 2 heterocycles. The van der Waals surface area contributed by atoms with E-state index in [2.05, 4.69) is 14.9 Å². The van der Waals surface area contributed by atoms with Crippen molar-refractivity contribution in [3.63, 3.8) is 0 Å². The number of hydrogen-bond donors (Lipinski definition) is 2. The predicted molar refractivity (Wildman–Crippen MR) is 77.5 cm³/mol. The third-order valence-electron chi connectivity index (χ3n) is 3.97. The maximum absolute atomic E-state index is 12.0. The molecule has 0 spiro atoms. The molecule has 2 N–H and O–H groups in total. The van der Waals surface area contributed by atoms with Gasteiger partial charge < -0.3 is 10.1 Å². The molecule has 1 atom stereocenters. The molecule has 1 aromatic heterocycles. The average molecular weight is 273 g/mol. The first-order valence-corrected chi connectivity index (χ1v) is 7.11. The maximum atomic E-state index is 12.0. The van der Waals surface area contributed by atoms with Crippen LogP contribution in [0.5, 0.6) is 0 Å². The van der Waals surface area contributed by atoms with Crippen molar-refractivity contribution in [1.82, 2.24) is 14.9 Å². The van der Waals surface area contributed by atoms with Crippen LogP contribution < -0.4 is 5.56 Å². The number of rotatable bonds is 3. The summed E-state index contributed by atoms with van der Waals surface area (Å²) in [5.74, 6) is 0.675. The number of hydrogen-bond acceptors (Lipinski definition) is 4. The Labute approximate surface area is 117 Å². The molecule has 0 amide bonds. The van der Waals surface area contributed by atoms with Gasteiger partial charge in [0.15, 0.2) is 0 Å². The van der Waals surface area contributed by atoms with E-state index in [1.165, 1.54) is 0 Å². The summed E-state index contributed by atoms with van der Waals surface area (Å²) in [6.45, 7) is 1.70. The Morgan fingerprint density at radius 3 is 3.05 bits per heavy atom. The van der Waals surface area contributed by atoms with Crippen molar-refractivity contribution >= 4 is 10.9 Å². The Morgan fingerprint density at radius 2 is 2.20 bits per heavy atom. The molecule has 1 aliphatic rings. The summed E-state index contributed by atoms with van der Waals surface area (Å²) in [6, 6.07) is 7.54. The van der Waals surface area contributed by atoms with E-state index in [4.69, 9.17) is 0 Å². The fourth-order valence-electron chi connectivity index (χ4n) is 2.88. The second kappa shape index (κ2) is 5.73. The Bertz CT molecular complexity index is 653. The van der Waals surface area contributed by atoms with E-state index in [1.54, 1.807) is 6.07 Å². The standard InChI is InChI=1S/C15H19N3O2/c19-10-11-5-3-4-8-18(11)9-14-16-13-7-2-1-6-12(13)15(20)17-14/h1-2,6-7,11,19H,3-5,8-10H2,(H,16,17,20). The van der Waals surface area contributed by atoms with Gasteiger partial charge in [-0.2, -0.15) is 0 Å². The first-order valence-electron chi connectivity index (χ1n) is 7.11. The molecule has 1 saturated heterocycles. The topological polar surface area (TPSA) is 69.2 Å². The van der Waals surface area contributed by atoms with Gasteiger partial charge in [0.1, 0.15) is 5.82 Å². The van der Waals surface area contributed by atoms with Gasteiger partial charge >= 0.3 is 0 Å². The summed E-state index contributed by atoms with van der Waals surface area (Å²) in [7, 11) is 0. The summed E-state index contributed by atoms with van der Waals surface area (Å²) in [5.41, 5.74) is 0.631. The van der Waals surface area contributed by atoms with Crippen molar-refractivity contribution in [2.75, 3.05) is 13.2 Å². The molecular weight excluding hydrogens is 254 g/mol. The summed E-state index contributed by atoms with van der Waals surface area (Å²) in [5, 5.41) is 10.1. The second-order valence-corrected chi connectivity index (χ2v) is 5.33. The van der Waals surface area contributed by atoms with E-state index in [0.29, 0.717) is 17.8 Å². The molecule has 0 bridgehead atoms. The molecule has 106 valence electrons. The van der Waals surface area contributed by atoms with Crippen LogP contribution in [0.15, 0.2) is 29.1 Å². The number of H-pyrrole nitrogens is 1. The highest BCUT2D eigenvalue weighted by Gasteiger charge is 2.22. The van der Waals surface area contributed by atoms with Crippen LogP contribution in [-0.4, -0.2) is 39.2 Å². The zero-order chi connectivity index (χ0) is 13.9. The lowest BCUT2D eigenvalue weighted by molar-refractivity contribution is 0.0819. The van der Waals surface area contributed by atoms with E-state index in [9.17, 15) is 9.90 Å². The number of aromatic amines is 1. The fourth-order valence-corrected chi connectivity index (χ4v) is 2.88. The number of fused-ring (bicyclic) bond motifs is 1. The highest BCUT2D eigenvalue weighted by molar-refractivity contribution is 5.77. The quantitative estimate of drug-likeness (QED) is 0.883. The summed E-state index contributed by atoms with van der Waals surface area (Å²) < 4.78 is 0. The van der Waals surface area contributed by atoms with Gasteiger partial charge in [-0.05, 0) is 31.5 Å².